The monoisotopic (exact) mass is 207 g/mol. The lowest BCUT2D eigenvalue weighted by atomic mass is 10.1. The summed E-state index contributed by atoms with van der Waals surface area (Å²) in [5.41, 5.74) is 1.38. The first-order chi connectivity index (χ1) is 7.20. The first kappa shape index (κ1) is 10.1. The normalized spacial score (nSPS) is 16.3. The third kappa shape index (κ3) is 2.00. The van der Waals surface area contributed by atoms with E-state index in [2.05, 4.69) is 0 Å². The molecule has 0 bridgehead atoms. The van der Waals surface area contributed by atoms with E-state index >= 15 is 0 Å². The number of carbonyl (C=O) groups excluding carboxylic acids is 1. The molecule has 4 heteroatoms. The third-order valence-corrected chi connectivity index (χ3v) is 2.53. The van der Waals surface area contributed by atoms with Gasteiger partial charge in [-0.1, -0.05) is 12.1 Å². The zero-order valence-corrected chi connectivity index (χ0v) is 8.26. The maximum absolute atomic E-state index is 11.7. The number of nitrogens with zero attached hydrogens (tertiary/aromatic N) is 1. The van der Waals surface area contributed by atoms with Crippen molar-refractivity contribution in [1.82, 2.24) is 4.90 Å². The van der Waals surface area contributed by atoms with Crippen molar-refractivity contribution < 1.29 is 15.0 Å². The second kappa shape index (κ2) is 4.00. The molecule has 0 aromatic heterocycles. The van der Waals surface area contributed by atoms with Gasteiger partial charge in [0.15, 0.2) is 0 Å². The van der Waals surface area contributed by atoms with E-state index in [1.165, 1.54) is 0 Å². The lowest BCUT2D eigenvalue weighted by Crippen LogP contribution is -2.53. The van der Waals surface area contributed by atoms with Gasteiger partial charge < -0.3 is 15.1 Å². The Labute approximate surface area is 87.8 Å². The minimum absolute atomic E-state index is 0.0170. The molecule has 0 saturated carbocycles. The summed E-state index contributed by atoms with van der Waals surface area (Å²) in [6, 6.07) is 6.84. The predicted molar refractivity (Wildman–Crippen MR) is 54.3 cm³/mol. The number of benzene rings is 1. The third-order valence-electron chi connectivity index (χ3n) is 2.53. The molecular formula is C11H13NO3. The Morgan fingerprint density at radius 1 is 1.33 bits per heavy atom. The van der Waals surface area contributed by atoms with Crippen molar-refractivity contribution in [3.63, 3.8) is 0 Å². The van der Waals surface area contributed by atoms with Crippen molar-refractivity contribution in [2.45, 2.75) is 12.7 Å². The molecule has 0 spiro atoms. The average Bonchev–Trinajstić information content (AvgIpc) is 2.24. The number of aliphatic hydroxyl groups excluding tert-OH is 2. The number of hydrogen-bond donors (Lipinski definition) is 2. The predicted octanol–water partition coefficient (Wildman–Crippen LogP) is -0.00440. The van der Waals surface area contributed by atoms with Gasteiger partial charge in [0.2, 0.25) is 0 Å². The molecule has 80 valence electrons. The topological polar surface area (TPSA) is 60.8 Å². The van der Waals surface area contributed by atoms with E-state index in [0.29, 0.717) is 18.7 Å². The Hall–Kier alpha value is -1.39. The second-order valence-corrected chi connectivity index (χ2v) is 3.72. The number of carbonyl (C=O) groups is 1. The summed E-state index contributed by atoms with van der Waals surface area (Å²) in [6.07, 6.45) is -0.370. The summed E-state index contributed by atoms with van der Waals surface area (Å²) in [5, 5.41) is 17.9. The smallest absolute Gasteiger partial charge is 0.254 e. The van der Waals surface area contributed by atoms with Gasteiger partial charge in [0.1, 0.15) is 0 Å². The van der Waals surface area contributed by atoms with E-state index in [1.54, 1.807) is 29.2 Å². The van der Waals surface area contributed by atoms with E-state index in [1.807, 2.05) is 0 Å². The Morgan fingerprint density at radius 3 is 2.40 bits per heavy atom. The Kier molecular flexibility index (Phi) is 2.70. The molecule has 4 nitrogen and oxygen atoms in total. The van der Waals surface area contributed by atoms with Crippen LogP contribution in [0.15, 0.2) is 24.3 Å². The summed E-state index contributed by atoms with van der Waals surface area (Å²) >= 11 is 0. The molecule has 0 aliphatic carbocycles. The van der Waals surface area contributed by atoms with Crippen molar-refractivity contribution in [2.75, 3.05) is 13.1 Å². The van der Waals surface area contributed by atoms with Gasteiger partial charge in [-0.15, -0.1) is 0 Å². The number of rotatable bonds is 2. The molecule has 2 rings (SSSR count). The van der Waals surface area contributed by atoms with E-state index in [4.69, 9.17) is 10.2 Å². The van der Waals surface area contributed by atoms with Gasteiger partial charge in [-0.2, -0.15) is 0 Å². The molecule has 15 heavy (non-hydrogen) atoms. The molecule has 1 heterocycles. The highest BCUT2D eigenvalue weighted by Gasteiger charge is 2.29. The van der Waals surface area contributed by atoms with Crippen LogP contribution in [0.3, 0.4) is 0 Å². The number of hydrogen-bond acceptors (Lipinski definition) is 3. The zero-order chi connectivity index (χ0) is 10.8. The molecule has 0 radical (unpaired) electrons. The summed E-state index contributed by atoms with van der Waals surface area (Å²) in [7, 11) is 0. The minimum Gasteiger partial charge on any atom is -0.392 e. The van der Waals surface area contributed by atoms with Gasteiger partial charge in [-0.3, -0.25) is 4.79 Å². The van der Waals surface area contributed by atoms with E-state index in [-0.39, 0.29) is 18.6 Å². The molecule has 2 N–H and O–H groups in total. The van der Waals surface area contributed by atoms with Crippen LogP contribution in [-0.4, -0.2) is 40.2 Å². The highest BCUT2D eigenvalue weighted by atomic mass is 16.3. The highest BCUT2D eigenvalue weighted by molar-refractivity contribution is 5.94. The van der Waals surface area contributed by atoms with Gasteiger partial charge in [-0.05, 0) is 17.7 Å². The summed E-state index contributed by atoms with van der Waals surface area (Å²) in [6.45, 7) is 0.818. The molecule has 0 unspecified atom stereocenters. The first-order valence-electron chi connectivity index (χ1n) is 4.88. The standard InChI is InChI=1S/C11H13NO3/c13-7-8-1-3-9(4-2-8)11(15)12-5-10(14)6-12/h1-4,10,13-14H,5-7H2. The van der Waals surface area contributed by atoms with Crippen LogP contribution >= 0.6 is 0 Å². The van der Waals surface area contributed by atoms with E-state index < -0.39 is 0 Å². The van der Waals surface area contributed by atoms with Crippen molar-refractivity contribution in [1.29, 1.82) is 0 Å². The quantitative estimate of drug-likeness (QED) is 0.717. The first-order valence-corrected chi connectivity index (χ1v) is 4.88. The molecule has 1 saturated heterocycles. The van der Waals surface area contributed by atoms with Gasteiger partial charge in [0.05, 0.1) is 12.7 Å². The van der Waals surface area contributed by atoms with Crippen molar-refractivity contribution in [3.8, 4) is 0 Å². The van der Waals surface area contributed by atoms with Crippen LogP contribution in [0.25, 0.3) is 0 Å². The molecule has 1 aromatic rings. The maximum atomic E-state index is 11.7. The second-order valence-electron chi connectivity index (χ2n) is 3.72. The molecule has 1 aliphatic heterocycles. The van der Waals surface area contributed by atoms with Crippen LogP contribution in [0.5, 0.6) is 0 Å². The van der Waals surface area contributed by atoms with Gasteiger partial charge >= 0.3 is 0 Å². The fourth-order valence-electron chi connectivity index (χ4n) is 1.56. The lowest BCUT2D eigenvalue weighted by molar-refractivity contribution is 0.00589. The summed E-state index contributed by atoms with van der Waals surface area (Å²) in [4.78, 5) is 13.3. The van der Waals surface area contributed by atoms with Crippen LogP contribution in [0, 0.1) is 0 Å². The molecule has 1 aliphatic rings. The van der Waals surface area contributed by atoms with Crippen LogP contribution in [0.2, 0.25) is 0 Å². The van der Waals surface area contributed by atoms with E-state index in [9.17, 15) is 4.79 Å². The van der Waals surface area contributed by atoms with Gasteiger partial charge in [0.25, 0.3) is 5.91 Å². The van der Waals surface area contributed by atoms with Gasteiger partial charge in [0, 0.05) is 18.7 Å². The van der Waals surface area contributed by atoms with Crippen LogP contribution < -0.4 is 0 Å². The Balaban J connectivity index is 2.06. The van der Waals surface area contributed by atoms with Crippen LogP contribution in [0.1, 0.15) is 15.9 Å². The number of β-amino-alcohol motifs (C(OH)–C–C–N with tert-alkyl or cyclic N) is 1. The lowest BCUT2D eigenvalue weighted by Gasteiger charge is -2.35. The Morgan fingerprint density at radius 2 is 1.93 bits per heavy atom. The Bertz CT molecular complexity index is 355. The molecule has 0 atom stereocenters. The van der Waals surface area contributed by atoms with E-state index in [0.717, 1.165) is 5.56 Å². The average molecular weight is 207 g/mol. The molecule has 1 amide bonds. The van der Waals surface area contributed by atoms with Crippen molar-refractivity contribution in [2.24, 2.45) is 0 Å². The number of aliphatic hydroxyl groups is 2. The highest BCUT2D eigenvalue weighted by Crippen LogP contribution is 2.13. The molecular weight excluding hydrogens is 194 g/mol. The summed E-state index contributed by atoms with van der Waals surface area (Å²) < 4.78 is 0. The largest absolute Gasteiger partial charge is 0.392 e. The molecule has 1 aromatic carbocycles. The molecule has 1 fully saturated rings. The number of likely N-dealkylation sites (tertiary alicyclic amines) is 1. The SMILES string of the molecule is O=C(c1ccc(CO)cc1)N1CC(O)C1. The van der Waals surface area contributed by atoms with Crippen molar-refractivity contribution >= 4 is 5.91 Å². The van der Waals surface area contributed by atoms with Crippen LogP contribution in [-0.2, 0) is 6.61 Å². The fraction of sp³-hybridized carbons (Fsp3) is 0.364. The zero-order valence-electron chi connectivity index (χ0n) is 8.26. The minimum atomic E-state index is -0.370. The maximum Gasteiger partial charge on any atom is 0.254 e. The number of amides is 1. The van der Waals surface area contributed by atoms with Gasteiger partial charge in [-0.25, -0.2) is 0 Å². The van der Waals surface area contributed by atoms with Crippen molar-refractivity contribution in [3.05, 3.63) is 35.4 Å². The van der Waals surface area contributed by atoms with Crippen LogP contribution in [0.4, 0.5) is 0 Å². The summed E-state index contributed by atoms with van der Waals surface area (Å²) in [5.74, 6) is -0.0650. The fourth-order valence-corrected chi connectivity index (χ4v) is 1.56.